The summed E-state index contributed by atoms with van der Waals surface area (Å²) in [5, 5.41) is 0. The van der Waals surface area contributed by atoms with Gasteiger partial charge in [-0.3, -0.25) is 4.31 Å². The number of benzene rings is 1. The van der Waals surface area contributed by atoms with E-state index in [4.69, 9.17) is 0 Å². The minimum absolute atomic E-state index is 0.116. The predicted octanol–water partition coefficient (Wildman–Crippen LogP) is 1.80. The van der Waals surface area contributed by atoms with Gasteiger partial charge in [-0.25, -0.2) is 21.6 Å². The van der Waals surface area contributed by atoms with Crippen molar-refractivity contribution in [2.75, 3.05) is 29.4 Å². The monoisotopic (exact) mass is 388 g/mol. The zero-order valence-corrected chi connectivity index (χ0v) is 14.8. The van der Waals surface area contributed by atoms with E-state index in [1.807, 2.05) is 0 Å². The van der Waals surface area contributed by atoms with Gasteiger partial charge in [-0.05, 0) is 24.6 Å². The van der Waals surface area contributed by atoms with Crippen LogP contribution < -0.4 is 9.03 Å². The molecule has 138 valence electrons. The molecule has 0 heterocycles. The van der Waals surface area contributed by atoms with Crippen molar-refractivity contribution in [1.29, 1.82) is 0 Å². The van der Waals surface area contributed by atoms with Crippen LogP contribution >= 0.6 is 0 Å². The maximum Gasteiger partial charge on any atom is 0.416 e. The molecule has 0 aliphatic rings. The average Bonchev–Trinajstić information content (AvgIpc) is 2.41. The molecule has 0 aliphatic carbocycles. The van der Waals surface area contributed by atoms with Gasteiger partial charge in [0, 0.05) is 13.1 Å². The van der Waals surface area contributed by atoms with Gasteiger partial charge in [0.2, 0.25) is 20.0 Å². The highest BCUT2D eigenvalue weighted by Crippen LogP contribution is 2.32. The van der Waals surface area contributed by atoms with Gasteiger partial charge in [-0.2, -0.15) is 13.2 Å². The molecule has 0 aromatic heterocycles. The van der Waals surface area contributed by atoms with Crippen molar-refractivity contribution >= 4 is 25.7 Å². The lowest BCUT2D eigenvalue weighted by molar-refractivity contribution is -0.137. The number of sulfonamides is 2. The standard InChI is InChI=1S/C13H19F3N2O4S2/c1-3-9-24(21,22)17-7-8-18(23(2,19)20)12-6-4-5-11(10-12)13(14,15)16/h4-6,10,17H,3,7-9H2,1-2H3. The summed E-state index contributed by atoms with van der Waals surface area (Å²) >= 11 is 0. The lowest BCUT2D eigenvalue weighted by Crippen LogP contribution is -2.38. The number of hydrogen-bond acceptors (Lipinski definition) is 4. The van der Waals surface area contributed by atoms with Gasteiger partial charge in [0.05, 0.1) is 23.3 Å². The normalized spacial score (nSPS) is 13.0. The zero-order valence-electron chi connectivity index (χ0n) is 13.2. The van der Waals surface area contributed by atoms with Gasteiger partial charge in [-0.15, -0.1) is 0 Å². The summed E-state index contributed by atoms with van der Waals surface area (Å²) in [6, 6.07) is 3.85. The molecule has 1 rings (SSSR count). The number of rotatable bonds is 8. The smallest absolute Gasteiger partial charge is 0.269 e. The lowest BCUT2D eigenvalue weighted by atomic mass is 10.2. The molecule has 0 aliphatic heterocycles. The van der Waals surface area contributed by atoms with Crippen LogP contribution in [0.2, 0.25) is 0 Å². The molecule has 1 N–H and O–H groups in total. The van der Waals surface area contributed by atoms with Gasteiger partial charge in [0.1, 0.15) is 0 Å². The Bertz CT molecular complexity index is 762. The fraction of sp³-hybridized carbons (Fsp3) is 0.538. The Morgan fingerprint density at radius 3 is 2.29 bits per heavy atom. The van der Waals surface area contributed by atoms with Crippen molar-refractivity contribution in [1.82, 2.24) is 4.72 Å². The molecule has 0 spiro atoms. The Morgan fingerprint density at radius 2 is 1.79 bits per heavy atom. The molecule has 0 saturated carbocycles. The highest BCUT2D eigenvalue weighted by Gasteiger charge is 2.31. The second kappa shape index (κ2) is 7.70. The highest BCUT2D eigenvalue weighted by molar-refractivity contribution is 7.92. The largest absolute Gasteiger partial charge is 0.416 e. The van der Waals surface area contributed by atoms with E-state index in [2.05, 4.69) is 4.72 Å². The van der Waals surface area contributed by atoms with E-state index in [0.717, 1.165) is 22.7 Å². The number of nitrogens with zero attached hydrogens (tertiary/aromatic N) is 1. The first kappa shape index (κ1) is 20.7. The second-order valence-corrected chi connectivity index (χ2v) is 8.93. The van der Waals surface area contributed by atoms with Gasteiger partial charge in [0.15, 0.2) is 0 Å². The van der Waals surface area contributed by atoms with E-state index in [0.29, 0.717) is 12.5 Å². The summed E-state index contributed by atoms with van der Waals surface area (Å²) in [5.74, 6) is -0.116. The lowest BCUT2D eigenvalue weighted by Gasteiger charge is -2.23. The predicted molar refractivity (Wildman–Crippen MR) is 85.7 cm³/mol. The van der Waals surface area contributed by atoms with Crippen molar-refractivity contribution in [3.8, 4) is 0 Å². The van der Waals surface area contributed by atoms with Crippen LogP contribution in [0.25, 0.3) is 0 Å². The van der Waals surface area contributed by atoms with Gasteiger partial charge < -0.3 is 0 Å². The third kappa shape index (κ3) is 6.29. The molecule has 0 bridgehead atoms. The average molecular weight is 388 g/mol. The Balaban J connectivity index is 3.00. The van der Waals surface area contributed by atoms with E-state index < -0.39 is 31.8 Å². The first-order chi connectivity index (χ1) is 10.9. The number of nitrogens with one attached hydrogen (secondary N) is 1. The van der Waals surface area contributed by atoms with Crippen molar-refractivity contribution in [2.24, 2.45) is 0 Å². The van der Waals surface area contributed by atoms with E-state index in [9.17, 15) is 30.0 Å². The van der Waals surface area contributed by atoms with E-state index >= 15 is 0 Å². The van der Waals surface area contributed by atoms with Crippen LogP contribution in [0.1, 0.15) is 18.9 Å². The first-order valence-corrected chi connectivity index (χ1v) is 10.5. The highest BCUT2D eigenvalue weighted by atomic mass is 32.2. The van der Waals surface area contributed by atoms with E-state index in [1.54, 1.807) is 6.92 Å². The zero-order chi connectivity index (χ0) is 18.6. The minimum Gasteiger partial charge on any atom is -0.269 e. The summed E-state index contributed by atoms with van der Waals surface area (Å²) < 4.78 is 88.0. The Labute approximate surface area is 139 Å². The van der Waals surface area contributed by atoms with Crippen molar-refractivity contribution < 1.29 is 30.0 Å². The van der Waals surface area contributed by atoms with Gasteiger partial charge in [0.25, 0.3) is 0 Å². The van der Waals surface area contributed by atoms with Crippen LogP contribution in [0, 0.1) is 0 Å². The molecule has 0 atom stereocenters. The Hall–Kier alpha value is -1.33. The molecule has 0 radical (unpaired) electrons. The molecular weight excluding hydrogens is 369 g/mol. The summed E-state index contributed by atoms with van der Waals surface area (Å²) in [6.07, 6.45) is -3.38. The summed E-state index contributed by atoms with van der Waals surface area (Å²) in [7, 11) is -7.42. The molecular formula is C13H19F3N2O4S2. The number of alkyl halides is 3. The number of hydrogen-bond donors (Lipinski definition) is 1. The maximum absolute atomic E-state index is 12.8. The minimum atomic E-state index is -4.61. The molecule has 0 saturated heterocycles. The van der Waals surface area contributed by atoms with Crippen molar-refractivity contribution in [2.45, 2.75) is 19.5 Å². The van der Waals surface area contributed by atoms with Gasteiger partial charge in [-0.1, -0.05) is 13.0 Å². The summed E-state index contributed by atoms with van der Waals surface area (Å²) in [6.45, 7) is 1.11. The molecule has 11 heteroatoms. The van der Waals surface area contributed by atoms with Crippen LogP contribution in [0.4, 0.5) is 18.9 Å². The molecule has 0 fully saturated rings. The van der Waals surface area contributed by atoms with Gasteiger partial charge >= 0.3 is 6.18 Å². The second-order valence-electron chi connectivity index (χ2n) is 5.10. The van der Waals surface area contributed by atoms with Crippen LogP contribution in [-0.4, -0.2) is 41.9 Å². The first-order valence-electron chi connectivity index (χ1n) is 6.99. The Kier molecular flexibility index (Phi) is 6.65. The third-order valence-corrected chi connectivity index (χ3v) is 5.76. The third-order valence-electron chi connectivity index (χ3n) is 2.97. The molecule has 1 aromatic rings. The van der Waals surface area contributed by atoms with E-state index in [-0.39, 0.29) is 24.5 Å². The Morgan fingerprint density at radius 1 is 1.17 bits per heavy atom. The SMILES string of the molecule is CCCS(=O)(=O)NCCN(c1cccc(C(F)(F)F)c1)S(C)(=O)=O. The summed E-state index contributed by atoms with van der Waals surface area (Å²) in [5.41, 5.74) is -1.16. The molecule has 24 heavy (non-hydrogen) atoms. The fourth-order valence-corrected chi connectivity index (χ4v) is 3.97. The van der Waals surface area contributed by atoms with Crippen LogP contribution in [0.5, 0.6) is 0 Å². The molecule has 1 aromatic carbocycles. The topological polar surface area (TPSA) is 83.6 Å². The van der Waals surface area contributed by atoms with Crippen LogP contribution in [-0.2, 0) is 26.2 Å². The van der Waals surface area contributed by atoms with Crippen LogP contribution in [0.3, 0.4) is 0 Å². The molecule has 0 unspecified atom stereocenters. The number of anilines is 1. The van der Waals surface area contributed by atoms with Crippen molar-refractivity contribution in [3.05, 3.63) is 29.8 Å². The van der Waals surface area contributed by atoms with Crippen LogP contribution in [0.15, 0.2) is 24.3 Å². The number of halogens is 3. The van der Waals surface area contributed by atoms with Crippen molar-refractivity contribution in [3.63, 3.8) is 0 Å². The molecule has 0 amide bonds. The summed E-state index contributed by atoms with van der Waals surface area (Å²) in [4.78, 5) is 0. The fourth-order valence-electron chi connectivity index (χ4n) is 1.97. The molecule has 6 nitrogen and oxygen atoms in total. The maximum atomic E-state index is 12.8. The van der Waals surface area contributed by atoms with E-state index in [1.165, 1.54) is 6.07 Å². The quantitative estimate of drug-likeness (QED) is 0.736.